The number of hydrogen-bond donors (Lipinski definition) is 3. The molecule has 1 aromatic heterocycles. The Labute approximate surface area is 234 Å². The number of aliphatic hydroxyl groups is 2. The van der Waals surface area contributed by atoms with Crippen molar-refractivity contribution in [2.45, 2.75) is 71.0 Å². The number of carbonyl (C=O) groups excluding carboxylic acids is 1. The highest BCUT2D eigenvalue weighted by Crippen LogP contribution is 2.31. The van der Waals surface area contributed by atoms with Crippen molar-refractivity contribution in [2.24, 2.45) is 0 Å². The van der Waals surface area contributed by atoms with Crippen LogP contribution in [0.4, 0.5) is 17.6 Å². The first-order valence-corrected chi connectivity index (χ1v) is 13.0. The predicted molar refractivity (Wildman–Crippen MR) is 143 cm³/mol. The number of alkyl halides is 3. The highest BCUT2D eigenvalue weighted by Gasteiger charge is 2.38. The molecule has 3 aromatic rings. The third-order valence-electron chi connectivity index (χ3n) is 6.23. The molecule has 0 radical (unpaired) electrons. The minimum atomic E-state index is -4.58. The molecule has 2 aromatic carbocycles. The van der Waals surface area contributed by atoms with Crippen molar-refractivity contribution in [3.8, 4) is 17.0 Å². The maximum Gasteiger partial charge on any atom is 0.425 e. The zero-order chi connectivity index (χ0) is 29.8. The lowest BCUT2D eigenvalue weighted by Crippen LogP contribution is -2.37. The first-order chi connectivity index (χ1) is 18.6. The van der Waals surface area contributed by atoms with Gasteiger partial charge in [-0.3, -0.25) is 4.79 Å². The molecule has 0 aliphatic carbocycles. The third-order valence-corrected chi connectivity index (χ3v) is 6.52. The van der Waals surface area contributed by atoms with Gasteiger partial charge in [0, 0.05) is 36.5 Å². The van der Waals surface area contributed by atoms with E-state index in [-0.39, 0.29) is 41.3 Å². The topological polar surface area (TPSA) is 96.6 Å². The number of imidazole rings is 1. The molecule has 0 bridgehead atoms. The summed E-state index contributed by atoms with van der Waals surface area (Å²) in [6, 6.07) is 7.65. The van der Waals surface area contributed by atoms with Gasteiger partial charge in [0.2, 0.25) is 0 Å². The Balaban J connectivity index is 1.74. The molecule has 0 saturated carbocycles. The van der Waals surface area contributed by atoms with Gasteiger partial charge in [-0.25, -0.2) is 9.37 Å². The number of nitrogens with zero attached hydrogens (tertiary/aromatic N) is 2. The van der Waals surface area contributed by atoms with Crippen LogP contribution in [0.5, 0.6) is 5.75 Å². The third kappa shape index (κ3) is 7.74. The maximum atomic E-state index is 15.1. The second kappa shape index (κ2) is 12.6. The van der Waals surface area contributed by atoms with E-state index < -0.39 is 35.6 Å². The highest BCUT2D eigenvalue weighted by atomic mass is 35.5. The lowest BCUT2D eigenvalue weighted by atomic mass is 10.0. The summed E-state index contributed by atoms with van der Waals surface area (Å²) in [6.45, 7) is 6.23. The molecule has 3 rings (SSSR count). The van der Waals surface area contributed by atoms with E-state index >= 15 is 4.39 Å². The summed E-state index contributed by atoms with van der Waals surface area (Å²) in [4.78, 5) is 17.3. The van der Waals surface area contributed by atoms with Crippen LogP contribution in [-0.2, 0) is 18.6 Å². The lowest BCUT2D eigenvalue weighted by molar-refractivity contribution is -0.189. The average molecular weight is 586 g/mol. The van der Waals surface area contributed by atoms with Crippen molar-refractivity contribution in [1.82, 2.24) is 14.9 Å². The largest absolute Gasteiger partial charge is 0.480 e. The number of carbonyl (C=O) groups is 1. The molecule has 7 nitrogen and oxygen atoms in total. The van der Waals surface area contributed by atoms with E-state index in [1.165, 1.54) is 24.3 Å². The van der Waals surface area contributed by atoms with Gasteiger partial charge in [0.15, 0.2) is 6.10 Å². The molecular formula is C28H32ClF4N3O4. The second-order valence-corrected chi connectivity index (χ2v) is 10.3. The Kier molecular flexibility index (Phi) is 9.86. The summed E-state index contributed by atoms with van der Waals surface area (Å²) in [5.41, 5.74) is 0.0498. The molecule has 1 amide bonds. The van der Waals surface area contributed by atoms with Gasteiger partial charge >= 0.3 is 6.18 Å². The second-order valence-electron chi connectivity index (χ2n) is 9.94. The monoisotopic (exact) mass is 585 g/mol. The number of hydrogen-bond acceptors (Lipinski definition) is 5. The molecule has 3 N–H and O–H groups in total. The van der Waals surface area contributed by atoms with Crippen molar-refractivity contribution in [3.05, 3.63) is 70.4 Å². The fourth-order valence-corrected chi connectivity index (χ4v) is 4.32. The van der Waals surface area contributed by atoms with Crippen molar-refractivity contribution < 1.29 is 37.3 Å². The van der Waals surface area contributed by atoms with E-state index in [9.17, 15) is 28.2 Å². The van der Waals surface area contributed by atoms with Crippen LogP contribution in [-0.4, -0.2) is 50.6 Å². The number of aliphatic hydroxyl groups excluding tert-OH is 1. The number of halogens is 5. The van der Waals surface area contributed by atoms with Crippen LogP contribution >= 0.6 is 11.6 Å². The zero-order valence-electron chi connectivity index (χ0n) is 22.5. The quantitative estimate of drug-likeness (QED) is 0.253. The Morgan fingerprint density at radius 3 is 2.42 bits per heavy atom. The first kappa shape index (κ1) is 31.4. The van der Waals surface area contributed by atoms with Crippen LogP contribution in [0.1, 0.15) is 55.9 Å². The van der Waals surface area contributed by atoms with Crippen LogP contribution in [0.3, 0.4) is 0 Å². The van der Waals surface area contributed by atoms with E-state index in [0.717, 1.165) is 6.92 Å². The summed E-state index contributed by atoms with van der Waals surface area (Å²) in [6.07, 6.45) is -4.63. The molecule has 218 valence electrons. The summed E-state index contributed by atoms with van der Waals surface area (Å²) in [5.74, 6) is -0.917. The molecular weight excluding hydrogens is 554 g/mol. The molecule has 0 aliphatic rings. The smallest absolute Gasteiger partial charge is 0.425 e. The average Bonchev–Trinajstić information content (AvgIpc) is 3.30. The molecule has 12 heteroatoms. The molecule has 0 aliphatic heterocycles. The zero-order valence-corrected chi connectivity index (χ0v) is 23.3. The Morgan fingerprint density at radius 2 is 1.90 bits per heavy atom. The first-order valence-electron chi connectivity index (χ1n) is 12.7. The molecule has 0 unspecified atom stereocenters. The lowest BCUT2D eigenvalue weighted by Gasteiger charge is -2.20. The van der Waals surface area contributed by atoms with Gasteiger partial charge in [0.1, 0.15) is 23.0 Å². The molecule has 0 saturated heterocycles. The highest BCUT2D eigenvalue weighted by molar-refractivity contribution is 6.32. The number of ether oxygens (including phenoxy) is 1. The van der Waals surface area contributed by atoms with Gasteiger partial charge in [0.25, 0.3) is 5.91 Å². The van der Waals surface area contributed by atoms with E-state index in [2.05, 4.69) is 10.3 Å². The summed E-state index contributed by atoms with van der Waals surface area (Å²) >= 11 is 6.05. The van der Waals surface area contributed by atoms with Gasteiger partial charge < -0.3 is 24.8 Å². The molecule has 0 fully saturated rings. The Morgan fingerprint density at radius 1 is 1.20 bits per heavy atom. The van der Waals surface area contributed by atoms with E-state index in [1.807, 2.05) is 6.92 Å². The number of aromatic nitrogens is 2. The standard InChI is InChI=1S/C28H32ClF4N3O4/c1-5-36-15-23(35-26(36)27(3,4)39)20-8-6-17(13-22(20)30)12-19(10-11-37)34-25(38)18-7-9-24(21(29)14-18)40-16(2)28(31,32)33/h6-9,13-16,19,37,39H,5,10-12H2,1-4H3,(H,34,38)/t16-,19-/m1/s1. The SMILES string of the molecule is CCn1cc(-c2ccc(C[C@@H](CCO)NC(=O)c3ccc(O[C@H](C)C(F)(F)F)c(Cl)c3)cc2F)nc1C(C)(C)O. The molecule has 2 atom stereocenters. The van der Waals surface area contributed by atoms with Gasteiger partial charge in [0.05, 0.1) is 10.7 Å². The van der Waals surface area contributed by atoms with Crippen molar-refractivity contribution in [2.75, 3.05) is 6.61 Å². The fourth-order valence-electron chi connectivity index (χ4n) is 4.10. The van der Waals surface area contributed by atoms with Crippen molar-refractivity contribution >= 4 is 17.5 Å². The number of rotatable bonds is 11. The minimum Gasteiger partial charge on any atom is -0.480 e. The molecule has 0 spiro atoms. The van der Waals surface area contributed by atoms with Crippen LogP contribution in [0.15, 0.2) is 42.6 Å². The van der Waals surface area contributed by atoms with Crippen molar-refractivity contribution in [3.63, 3.8) is 0 Å². The van der Waals surface area contributed by atoms with Gasteiger partial charge in [-0.2, -0.15) is 13.2 Å². The number of aryl methyl sites for hydroxylation is 1. The van der Waals surface area contributed by atoms with Gasteiger partial charge in [-0.15, -0.1) is 0 Å². The Hall–Kier alpha value is -3.15. The van der Waals surface area contributed by atoms with Crippen LogP contribution in [0, 0.1) is 5.82 Å². The van der Waals surface area contributed by atoms with Crippen LogP contribution in [0.25, 0.3) is 11.3 Å². The summed E-state index contributed by atoms with van der Waals surface area (Å²) in [7, 11) is 0. The van der Waals surface area contributed by atoms with Crippen LogP contribution in [0.2, 0.25) is 5.02 Å². The normalized spacial score (nSPS) is 13.7. The number of nitrogens with one attached hydrogen (secondary N) is 1. The maximum absolute atomic E-state index is 15.1. The fraction of sp³-hybridized carbons (Fsp3) is 0.429. The summed E-state index contributed by atoms with van der Waals surface area (Å²) in [5, 5.41) is 22.5. The number of amides is 1. The predicted octanol–water partition coefficient (Wildman–Crippen LogP) is 5.64. The minimum absolute atomic E-state index is 0.0793. The Bertz CT molecular complexity index is 1340. The number of benzene rings is 2. The van der Waals surface area contributed by atoms with E-state index in [4.69, 9.17) is 16.3 Å². The van der Waals surface area contributed by atoms with E-state index in [0.29, 0.717) is 23.6 Å². The summed E-state index contributed by atoms with van der Waals surface area (Å²) < 4.78 is 60.1. The van der Waals surface area contributed by atoms with Gasteiger partial charge in [-0.05, 0) is 76.4 Å². The van der Waals surface area contributed by atoms with Crippen molar-refractivity contribution in [1.29, 1.82) is 0 Å². The molecule has 40 heavy (non-hydrogen) atoms. The van der Waals surface area contributed by atoms with E-state index in [1.54, 1.807) is 36.7 Å². The van der Waals surface area contributed by atoms with Crippen LogP contribution < -0.4 is 10.1 Å². The molecule has 1 heterocycles. The van der Waals surface area contributed by atoms with Gasteiger partial charge in [-0.1, -0.05) is 17.7 Å².